The van der Waals surface area contributed by atoms with Crippen molar-refractivity contribution in [2.75, 3.05) is 19.6 Å². The monoisotopic (exact) mass is 196 g/mol. The molecule has 0 bridgehead atoms. The van der Waals surface area contributed by atoms with Gasteiger partial charge in [0, 0.05) is 12.1 Å². The van der Waals surface area contributed by atoms with Crippen LogP contribution in [0.1, 0.15) is 45.4 Å². The summed E-state index contributed by atoms with van der Waals surface area (Å²) in [5, 5.41) is 0. The van der Waals surface area contributed by atoms with Crippen LogP contribution in [0, 0.1) is 5.92 Å². The highest BCUT2D eigenvalue weighted by molar-refractivity contribution is 4.90. The van der Waals surface area contributed by atoms with Gasteiger partial charge in [0.05, 0.1) is 0 Å². The van der Waals surface area contributed by atoms with Crippen molar-refractivity contribution in [2.45, 2.75) is 51.0 Å². The lowest BCUT2D eigenvalue weighted by atomic mass is 9.94. The van der Waals surface area contributed by atoms with Gasteiger partial charge in [0.1, 0.15) is 0 Å². The van der Waals surface area contributed by atoms with Gasteiger partial charge < -0.3 is 10.6 Å². The Labute approximate surface area is 87.8 Å². The van der Waals surface area contributed by atoms with E-state index < -0.39 is 0 Å². The highest BCUT2D eigenvalue weighted by atomic mass is 15.1. The first-order valence-corrected chi connectivity index (χ1v) is 6.19. The average Bonchev–Trinajstić information content (AvgIpc) is 2.73. The summed E-state index contributed by atoms with van der Waals surface area (Å²) >= 11 is 0. The fourth-order valence-electron chi connectivity index (χ4n) is 2.94. The van der Waals surface area contributed by atoms with Crippen molar-refractivity contribution in [2.24, 2.45) is 11.7 Å². The molecule has 1 heterocycles. The summed E-state index contributed by atoms with van der Waals surface area (Å²) in [6.07, 6.45) is 7.84. The fourth-order valence-corrected chi connectivity index (χ4v) is 2.94. The summed E-state index contributed by atoms with van der Waals surface area (Å²) in [5.74, 6) is 0.910. The van der Waals surface area contributed by atoms with E-state index in [-0.39, 0.29) is 5.54 Å². The summed E-state index contributed by atoms with van der Waals surface area (Å²) in [6, 6.07) is 0. The number of hydrogen-bond donors (Lipinski definition) is 1. The van der Waals surface area contributed by atoms with Gasteiger partial charge in [-0.05, 0) is 44.7 Å². The maximum absolute atomic E-state index is 6.35. The molecule has 0 aromatic carbocycles. The molecular weight excluding hydrogens is 172 g/mol. The second-order valence-corrected chi connectivity index (χ2v) is 5.51. The van der Waals surface area contributed by atoms with E-state index in [1.807, 2.05) is 0 Å². The standard InChI is InChI=1S/C12H24N2/c1-11-4-8-14(10-11)9-7-12(13)5-2-3-6-12/h11H,2-10,13H2,1H3. The summed E-state index contributed by atoms with van der Waals surface area (Å²) in [5.41, 5.74) is 6.55. The molecular formula is C12H24N2. The van der Waals surface area contributed by atoms with E-state index in [4.69, 9.17) is 5.73 Å². The SMILES string of the molecule is CC1CCN(CCC2(N)CCCC2)C1. The minimum absolute atomic E-state index is 0.200. The Hall–Kier alpha value is -0.0800. The number of hydrogen-bond acceptors (Lipinski definition) is 2. The molecule has 14 heavy (non-hydrogen) atoms. The Bertz CT molecular complexity index is 185. The summed E-state index contributed by atoms with van der Waals surface area (Å²) in [4.78, 5) is 2.59. The lowest BCUT2D eigenvalue weighted by Gasteiger charge is -2.26. The molecule has 1 unspecified atom stereocenters. The maximum Gasteiger partial charge on any atom is 0.0166 e. The Morgan fingerprint density at radius 2 is 2.07 bits per heavy atom. The van der Waals surface area contributed by atoms with Crippen molar-refractivity contribution in [3.63, 3.8) is 0 Å². The molecule has 1 aliphatic heterocycles. The number of nitrogens with zero attached hydrogens (tertiary/aromatic N) is 1. The quantitative estimate of drug-likeness (QED) is 0.748. The molecule has 0 aromatic heterocycles. The molecule has 2 fully saturated rings. The van der Waals surface area contributed by atoms with Crippen LogP contribution in [-0.4, -0.2) is 30.1 Å². The second kappa shape index (κ2) is 4.19. The van der Waals surface area contributed by atoms with Crippen LogP contribution in [-0.2, 0) is 0 Å². The van der Waals surface area contributed by atoms with Crippen molar-refractivity contribution in [3.8, 4) is 0 Å². The first-order valence-electron chi connectivity index (χ1n) is 6.19. The third-order valence-electron chi connectivity index (χ3n) is 4.03. The molecule has 2 aliphatic rings. The van der Waals surface area contributed by atoms with Gasteiger partial charge in [-0.1, -0.05) is 19.8 Å². The first kappa shape index (κ1) is 10.4. The number of likely N-dealkylation sites (tertiary alicyclic amines) is 1. The molecule has 82 valence electrons. The minimum Gasteiger partial charge on any atom is -0.325 e. The van der Waals surface area contributed by atoms with Gasteiger partial charge in [0.15, 0.2) is 0 Å². The number of rotatable bonds is 3. The van der Waals surface area contributed by atoms with Crippen LogP contribution in [0.4, 0.5) is 0 Å². The highest BCUT2D eigenvalue weighted by Gasteiger charge is 2.30. The van der Waals surface area contributed by atoms with Gasteiger partial charge >= 0.3 is 0 Å². The zero-order valence-electron chi connectivity index (χ0n) is 9.47. The van der Waals surface area contributed by atoms with Gasteiger partial charge in [-0.15, -0.1) is 0 Å². The molecule has 0 amide bonds. The number of nitrogens with two attached hydrogens (primary N) is 1. The fraction of sp³-hybridized carbons (Fsp3) is 1.00. The zero-order valence-corrected chi connectivity index (χ0v) is 9.47. The molecule has 1 aliphatic carbocycles. The van der Waals surface area contributed by atoms with E-state index in [1.165, 1.54) is 58.2 Å². The lowest BCUT2D eigenvalue weighted by molar-refractivity contribution is 0.275. The van der Waals surface area contributed by atoms with E-state index in [0.29, 0.717) is 0 Å². The van der Waals surface area contributed by atoms with Crippen LogP contribution in [0.5, 0.6) is 0 Å². The van der Waals surface area contributed by atoms with E-state index in [1.54, 1.807) is 0 Å². The Morgan fingerprint density at radius 1 is 1.36 bits per heavy atom. The maximum atomic E-state index is 6.35. The Balaban J connectivity index is 1.71. The highest BCUT2D eigenvalue weighted by Crippen LogP contribution is 2.30. The van der Waals surface area contributed by atoms with Crippen molar-refractivity contribution < 1.29 is 0 Å². The third-order valence-corrected chi connectivity index (χ3v) is 4.03. The molecule has 1 saturated heterocycles. The van der Waals surface area contributed by atoms with Gasteiger partial charge in [0.2, 0.25) is 0 Å². The van der Waals surface area contributed by atoms with Crippen LogP contribution in [0.3, 0.4) is 0 Å². The molecule has 2 N–H and O–H groups in total. The van der Waals surface area contributed by atoms with Gasteiger partial charge in [-0.2, -0.15) is 0 Å². The topological polar surface area (TPSA) is 29.3 Å². The van der Waals surface area contributed by atoms with Crippen LogP contribution in [0.2, 0.25) is 0 Å². The molecule has 2 rings (SSSR count). The zero-order chi connectivity index (χ0) is 10.0. The summed E-state index contributed by atoms with van der Waals surface area (Å²) in [6.45, 7) is 6.20. The molecule has 1 saturated carbocycles. The largest absolute Gasteiger partial charge is 0.325 e. The van der Waals surface area contributed by atoms with E-state index in [0.717, 1.165) is 5.92 Å². The van der Waals surface area contributed by atoms with Crippen LogP contribution in [0.15, 0.2) is 0 Å². The lowest BCUT2D eigenvalue weighted by Crippen LogP contribution is -2.40. The molecule has 2 nitrogen and oxygen atoms in total. The molecule has 1 atom stereocenters. The normalized spacial score (nSPS) is 32.6. The molecule has 2 heteroatoms. The minimum atomic E-state index is 0.200. The molecule has 0 radical (unpaired) electrons. The average molecular weight is 196 g/mol. The van der Waals surface area contributed by atoms with E-state index in [2.05, 4.69) is 11.8 Å². The van der Waals surface area contributed by atoms with Gasteiger partial charge in [0.25, 0.3) is 0 Å². The predicted molar refractivity (Wildman–Crippen MR) is 60.2 cm³/mol. The Morgan fingerprint density at radius 3 is 2.64 bits per heavy atom. The van der Waals surface area contributed by atoms with Crippen molar-refractivity contribution >= 4 is 0 Å². The van der Waals surface area contributed by atoms with E-state index >= 15 is 0 Å². The van der Waals surface area contributed by atoms with Crippen molar-refractivity contribution in [1.82, 2.24) is 4.90 Å². The van der Waals surface area contributed by atoms with Crippen LogP contribution in [0.25, 0.3) is 0 Å². The summed E-state index contributed by atoms with van der Waals surface area (Å²) < 4.78 is 0. The predicted octanol–water partition coefficient (Wildman–Crippen LogP) is 1.99. The summed E-state index contributed by atoms with van der Waals surface area (Å²) in [7, 11) is 0. The second-order valence-electron chi connectivity index (χ2n) is 5.51. The van der Waals surface area contributed by atoms with E-state index in [9.17, 15) is 0 Å². The Kier molecular flexibility index (Phi) is 3.13. The smallest absolute Gasteiger partial charge is 0.0166 e. The van der Waals surface area contributed by atoms with Gasteiger partial charge in [-0.25, -0.2) is 0 Å². The van der Waals surface area contributed by atoms with Crippen molar-refractivity contribution in [1.29, 1.82) is 0 Å². The van der Waals surface area contributed by atoms with Crippen molar-refractivity contribution in [3.05, 3.63) is 0 Å². The molecule has 0 aromatic rings. The first-order chi connectivity index (χ1) is 6.68. The van der Waals surface area contributed by atoms with Crippen LogP contribution < -0.4 is 5.73 Å². The molecule has 0 spiro atoms. The van der Waals surface area contributed by atoms with Gasteiger partial charge in [-0.3, -0.25) is 0 Å². The van der Waals surface area contributed by atoms with Crippen LogP contribution >= 0.6 is 0 Å². The third kappa shape index (κ3) is 2.48.